The first kappa shape index (κ1) is 17.9. The third kappa shape index (κ3) is 5.32. The highest BCUT2D eigenvalue weighted by Crippen LogP contribution is 2.19. The third-order valence-corrected chi connectivity index (χ3v) is 5.68. The van der Waals surface area contributed by atoms with E-state index in [-0.39, 0.29) is 16.8 Å². The van der Waals surface area contributed by atoms with Gasteiger partial charge in [-0.1, -0.05) is 32.6 Å². The van der Waals surface area contributed by atoms with Gasteiger partial charge in [-0.2, -0.15) is 0 Å². The second-order valence-electron chi connectivity index (χ2n) is 6.09. The Kier molecular flexibility index (Phi) is 6.59. The van der Waals surface area contributed by atoms with Crippen molar-refractivity contribution < 1.29 is 13.2 Å². The SMILES string of the molecule is CCCNC(=O)c1ccc(S(=O)(=O)NC2CCCCCC2)cc1. The molecule has 1 aliphatic carbocycles. The van der Waals surface area contributed by atoms with Crippen LogP contribution in [0.15, 0.2) is 29.2 Å². The first-order valence-corrected chi connectivity index (χ1v) is 9.92. The van der Waals surface area contributed by atoms with E-state index in [0.29, 0.717) is 12.1 Å². The van der Waals surface area contributed by atoms with E-state index >= 15 is 0 Å². The molecule has 0 spiro atoms. The maximum atomic E-state index is 12.5. The highest BCUT2D eigenvalue weighted by atomic mass is 32.2. The number of hydrogen-bond donors (Lipinski definition) is 2. The van der Waals surface area contributed by atoms with Gasteiger partial charge in [0.1, 0.15) is 0 Å². The van der Waals surface area contributed by atoms with E-state index in [2.05, 4.69) is 10.0 Å². The standard InChI is InChI=1S/C17H26N2O3S/c1-2-13-18-17(20)14-9-11-16(12-10-14)23(21,22)19-15-7-5-3-4-6-8-15/h9-12,15,19H,2-8,13H2,1H3,(H,18,20). The lowest BCUT2D eigenvalue weighted by Crippen LogP contribution is -2.34. The van der Waals surface area contributed by atoms with Crippen LogP contribution in [-0.2, 0) is 10.0 Å². The Morgan fingerprint density at radius 2 is 1.70 bits per heavy atom. The van der Waals surface area contributed by atoms with Crippen molar-refractivity contribution in [2.45, 2.75) is 62.8 Å². The predicted octanol–water partition coefficient (Wildman–Crippen LogP) is 2.83. The van der Waals surface area contributed by atoms with Gasteiger partial charge in [-0.25, -0.2) is 13.1 Å². The van der Waals surface area contributed by atoms with Gasteiger partial charge in [0.2, 0.25) is 10.0 Å². The van der Waals surface area contributed by atoms with Crippen LogP contribution in [0.1, 0.15) is 62.2 Å². The molecular formula is C17H26N2O3S. The van der Waals surface area contributed by atoms with E-state index < -0.39 is 10.0 Å². The fourth-order valence-electron chi connectivity index (χ4n) is 2.81. The lowest BCUT2D eigenvalue weighted by molar-refractivity contribution is 0.0953. The van der Waals surface area contributed by atoms with Gasteiger partial charge in [-0.15, -0.1) is 0 Å². The van der Waals surface area contributed by atoms with Crippen LogP contribution in [0.3, 0.4) is 0 Å². The highest BCUT2D eigenvalue weighted by Gasteiger charge is 2.21. The number of rotatable bonds is 6. The Bertz CT molecular complexity index is 603. The topological polar surface area (TPSA) is 75.3 Å². The molecule has 0 atom stereocenters. The summed E-state index contributed by atoms with van der Waals surface area (Å²) in [6.07, 6.45) is 7.17. The van der Waals surface area contributed by atoms with Crippen molar-refractivity contribution in [3.05, 3.63) is 29.8 Å². The molecular weight excluding hydrogens is 312 g/mol. The van der Waals surface area contributed by atoms with Gasteiger partial charge >= 0.3 is 0 Å². The van der Waals surface area contributed by atoms with Gasteiger partial charge in [-0.3, -0.25) is 4.79 Å². The largest absolute Gasteiger partial charge is 0.352 e. The molecule has 0 unspecified atom stereocenters. The predicted molar refractivity (Wildman–Crippen MR) is 90.9 cm³/mol. The highest BCUT2D eigenvalue weighted by molar-refractivity contribution is 7.89. The van der Waals surface area contributed by atoms with Crippen LogP contribution >= 0.6 is 0 Å². The average molecular weight is 338 g/mol. The Morgan fingerprint density at radius 1 is 1.09 bits per heavy atom. The molecule has 1 fully saturated rings. The number of carbonyl (C=O) groups is 1. The molecule has 0 aliphatic heterocycles. The Hall–Kier alpha value is -1.40. The number of carbonyl (C=O) groups excluding carboxylic acids is 1. The van der Waals surface area contributed by atoms with Gasteiger partial charge < -0.3 is 5.32 Å². The fourth-order valence-corrected chi connectivity index (χ4v) is 4.12. The smallest absolute Gasteiger partial charge is 0.251 e. The molecule has 2 rings (SSSR count). The molecule has 0 saturated heterocycles. The van der Waals surface area contributed by atoms with Gasteiger partial charge in [0.15, 0.2) is 0 Å². The minimum absolute atomic E-state index is 0.0232. The van der Waals surface area contributed by atoms with E-state index in [1.807, 2.05) is 6.92 Å². The summed E-state index contributed by atoms with van der Waals surface area (Å²) in [6, 6.07) is 6.15. The van der Waals surface area contributed by atoms with Crippen LogP contribution in [0.5, 0.6) is 0 Å². The van der Waals surface area contributed by atoms with Gasteiger partial charge in [0, 0.05) is 18.2 Å². The maximum Gasteiger partial charge on any atom is 0.251 e. The molecule has 1 aromatic carbocycles. The molecule has 1 aliphatic rings. The van der Waals surface area contributed by atoms with Crippen LogP contribution in [0.4, 0.5) is 0 Å². The van der Waals surface area contributed by atoms with Gasteiger partial charge in [-0.05, 0) is 43.5 Å². The molecule has 1 amide bonds. The number of nitrogens with one attached hydrogen (secondary N) is 2. The first-order chi connectivity index (χ1) is 11.0. The quantitative estimate of drug-likeness (QED) is 0.783. The van der Waals surface area contributed by atoms with Crippen molar-refractivity contribution in [1.29, 1.82) is 0 Å². The van der Waals surface area contributed by atoms with Crippen molar-refractivity contribution >= 4 is 15.9 Å². The average Bonchev–Trinajstić information content (AvgIpc) is 2.81. The van der Waals surface area contributed by atoms with Crippen molar-refractivity contribution in [1.82, 2.24) is 10.0 Å². The van der Waals surface area contributed by atoms with Gasteiger partial charge in [0.25, 0.3) is 5.91 Å². The van der Waals surface area contributed by atoms with Crippen LogP contribution in [0, 0.1) is 0 Å². The second kappa shape index (κ2) is 8.45. The Balaban J connectivity index is 2.03. The summed E-state index contributed by atoms with van der Waals surface area (Å²) in [7, 11) is -3.52. The van der Waals surface area contributed by atoms with E-state index in [0.717, 1.165) is 32.1 Å². The zero-order valence-corrected chi connectivity index (χ0v) is 14.5. The first-order valence-electron chi connectivity index (χ1n) is 8.43. The number of amides is 1. The lowest BCUT2D eigenvalue weighted by Gasteiger charge is -2.16. The molecule has 1 aromatic rings. The monoisotopic (exact) mass is 338 g/mol. The molecule has 6 heteroatoms. The number of sulfonamides is 1. The summed E-state index contributed by atoms with van der Waals surface area (Å²) in [6.45, 7) is 2.59. The molecule has 128 valence electrons. The van der Waals surface area contributed by atoms with Crippen molar-refractivity contribution in [2.75, 3.05) is 6.54 Å². The van der Waals surface area contributed by atoms with Gasteiger partial charge in [0.05, 0.1) is 4.90 Å². The minimum Gasteiger partial charge on any atom is -0.352 e. The lowest BCUT2D eigenvalue weighted by atomic mass is 10.1. The third-order valence-electron chi connectivity index (χ3n) is 4.14. The number of benzene rings is 1. The van der Waals surface area contributed by atoms with Crippen molar-refractivity contribution in [2.24, 2.45) is 0 Å². The molecule has 0 radical (unpaired) electrons. The molecule has 0 bridgehead atoms. The van der Waals surface area contributed by atoms with E-state index in [4.69, 9.17) is 0 Å². The second-order valence-corrected chi connectivity index (χ2v) is 7.80. The molecule has 0 aromatic heterocycles. The summed E-state index contributed by atoms with van der Waals surface area (Å²) >= 11 is 0. The Morgan fingerprint density at radius 3 is 2.26 bits per heavy atom. The van der Waals surface area contributed by atoms with Crippen LogP contribution < -0.4 is 10.0 Å². The summed E-state index contributed by atoms with van der Waals surface area (Å²) in [5.74, 6) is -0.174. The number of hydrogen-bond acceptors (Lipinski definition) is 3. The zero-order chi connectivity index (χ0) is 16.7. The molecule has 2 N–H and O–H groups in total. The fraction of sp³-hybridized carbons (Fsp3) is 0.588. The van der Waals surface area contributed by atoms with Crippen LogP contribution in [-0.4, -0.2) is 26.9 Å². The molecule has 5 nitrogen and oxygen atoms in total. The normalized spacial score (nSPS) is 16.7. The summed E-state index contributed by atoms with van der Waals surface area (Å²) in [5.41, 5.74) is 0.479. The van der Waals surface area contributed by atoms with E-state index in [1.165, 1.54) is 25.0 Å². The molecule has 23 heavy (non-hydrogen) atoms. The van der Waals surface area contributed by atoms with Crippen molar-refractivity contribution in [3.63, 3.8) is 0 Å². The minimum atomic E-state index is -3.52. The van der Waals surface area contributed by atoms with Crippen LogP contribution in [0.25, 0.3) is 0 Å². The summed E-state index contributed by atoms with van der Waals surface area (Å²) in [4.78, 5) is 12.1. The van der Waals surface area contributed by atoms with Crippen molar-refractivity contribution in [3.8, 4) is 0 Å². The summed E-state index contributed by atoms with van der Waals surface area (Å²) in [5, 5.41) is 2.78. The van der Waals surface area contributed by atoms with E-state index in [9.17, 15) is 13.2 Å². The maximum absolute atomic E-state index is 12.5. The Labute approximate surface area is 138 Å². The zero-order valence-electron chi connectivity index (χ0n) is 13.7. The molecule has 1 saturated carbocycles. The van der Waals surface area contributed by atoms with Crippen LogP contribution in [0.2, 0.25) is 0 Å². The summed E-state index contributed by atoms with van der Waals surface area (Å²) < 4.78 is 27.7. The van der Waals surface area contributed by atoms with E-state index in [1.54, 1.807) is 12.1 Å². The molecule has 0 heterocycles.